The predicted molar refractivity (Wildman–Crippen MR) is 43.9 cm³/mol. The van der Waals surface area contributed by atoms with Crippen LogP contribution >= 0.6 is 0 Å². The van der Waals surface area contributed by atoms with E-state index in [0.29, 0.717) is 12.8 Å². The fourth-order valence-electron chi connectivity index (χ4n) is 1.55. The Balaban J connectivity index is 2.62. The third kappa shape index (κ3) is 2.34. The summed E-state index contributed by atoms with van der Waals surface area (Å²) in [4.78, 5) is 13.2. The molecule has 0 unspecified atom stereocenters. The summed E-state index contributed by atoms with van der Waals surface area (Å²) < 4.78 is 0. The molecule has 1 rings (SSSR count). The van der Waals surface area contributed by atoms with Gasteiger partial charge in [-0.3, -0.25) is 4.79 Å². The standard InChI is InChI=1S/C7H11N3O3/c8-10-9-5-3-4(7(12)13)1-2-6(5)11/h4-6,11H,1-3H2,(H,12,13)/t4-,5+,6+/m1/s1. The first-order valence-corrected chi connectivity index (χ1v) is 4.10. The van der Waals surface area contributed by atoms with Crippen LogP contribution in [0.15, 0.2) is 5.11 Å². The van der Waals surface area contributed by atoms with Crippen LogP contribution in [-0.2, 0) is 4.79 Å². The molecule has 0 amide bonds. The van der Waals surface area contributed by atoms with Crippen molar-refractivity contribution in [3.8, 4) is 0 Å². The summed E-state index contributed by atoms with van der Waals surface area (Å²) in [6, 6.07) is -0.583. The molecule has 0 spiro atoms. The van der Waals surface area contributed by atoms with Crippen molar-refractivity contribution < 1.29 is 15.0 Å². The number of hydrogen-bond donors (Lipinski definition) is 2. The van der Waals surface area contributed by atoms with Gasteiger partial charge in [0.05, 0.1) is 18.1 Å². The van der Waals surface area contributed by atoms with Gasteiger partial charge in [0.25, 0.3) is 0 Å². The number of aliphatic carboxylic acids is 1. The summed E-state index contributed by atoms with van der Waals surface area (Å²) in [6.45, 7) is 0. The SMILES string of the molecule is [N-]=[N+]=N[C@H]1C[C@H](C(=O)O)CC[C@@H]1O. The lowest BCUT2D eigenvalue weighted by Gasteiger charge is -2.27. The summed E-state index contributed by atoms with van der Waals surface area (Å²) >= 11 is 0. The van der Waals surface area contributed by atoms with Crippen molar-refractivity contribution in [1.29, 1.82) is 0 Å². The average Bonchev–Trinajstić information content (AvgIpc) is 2.08. The number of rotatable bonds is 2. The second kappa shape index (κ2) is 4.11. The summed E-state index contributed by atoms with van der Waals surface area (Å²) in [5.41, 5.74) is 8.16. The van der Waals surface area contributed by atoms with Crippen LogP contribution in [-0.4, -0.2) is 28.3 Å². The zero-order valence-electron chi connectivity index (χ0n) is 7.00. The van der Waals surface area contributed by atoms with Crippen molar-refractivity contribution in [3.63, 3.8) is 0 Å². The molecule has 0 aromatic heterocycles. The van der Waals surface area contributed by atoms with E-state index in [1.165, 1.54) is 0 Å². The number of carbonyl (C=O) groups is 1. The molecule has 6 heteroatoms. The first kappa shape index (κ1) is 9.83. The molecule has 0 aliphatic heterocycles. The Morgan fingerprint density at radius 2 is 2.23 bits per heavy atom. The van der Waals surface area contributed by atoms with Crippen LogP contribution in [0, 0.1) is 5.92 Å². The summed E-state index contributed by atoms with van der Waals surface area (Å²) in [5.74, 6) is -1.37. The van der Waals surface area contributed by atoms with Crippen LogP contribution in [0.1, 0.15) is 19.3 Å². The van der Waals surface area contributed by atoms with Crippen molar-refractivity contribution in [3.05, 3.63) is 10.4 Å². The first-order valence-electron chi connectivity index (χ1n) is 4.10. The minimum Gasteiger partial charge on any atom is -0.481 e. The normalized spacial score (nSPS) is 33.5. The molecule has 0 bridgehead atoms. The van der Waals surface area contributed by atoms with Crippen molar-refractivity contribution in [2.24, 2.45) is 11.0 Å². The lowest BCUT2D eigenvalue weighted by Crippen LogP contribution is -2.34. The quantitative estimate of drug-likeness (QED) is 0.379. The lowest BCUT2D eigenvalue weighted by molar-refractivity contribution is -0.143. The van der Waals surface area contributed by atoms with Crippen LogP contribution in [0.5, 0.6) is 0 Å². The Kier molecular flexibility index (Phi) is 3.11. The molecule has 1 aliphatic rings. The fraction of sp³-hybridized carbons (Fsp3) is 0.857. The highest BCUT2D eigenvalue weighted by Crippen LogP contribution is 2.26. The summed E-state index contributed by atoms with van der Waals surface area (Å²) in [6.07, 6.45) is 0.390. The molecule has 0 aromatic carbocycles. The maximum Gasteiger partial charge on any atom is 0.306 e. The molecular weight excluding hydrogens is 174 g/mol. The predicted octanol–water partition coefficient (Wildman–Crippen LogP) is 0.911. The largest absolute Gasteiger partial charge is 0.481 e. The average molecular weight is 185 g/mol. The molecular formula is C7H11N3O3. The number of azide groups is 1. The van der Waals surface area contributed by atoms with E-state index in [9.17, 15) is 9.90 Å². The zero-order chi connectivity index (χ0) is 9.84. The van der Waals surface area contributed by atoms with Gasteiger partial charge in [-0.25, -0.2) is 0 Å². The smallest absolute Gasteiger partial charge is 0.306 e. The second-order valence-corrected chi connectivity index (χ2v) is 3.19. The molecule has 3 atom stereocenters. The van der Waals surface area contributed by atoms with E-state index in [4.69, 9.17) is 10.6 Å². The topological polar surface area (TPSA) is 106 Å². The van der Waals surface area contributed by atoms with Crippen molar-refractivity contribution in [2.45, 2.75) is 31.4 Å². The van der Waals surface area contributed by atoms with Gasteiger partial charge < -0.3 is 10.2 Å². The van der Waals surface area contributed by atoms with Gasteiger partial charge in [0.15, 0.2) is 0 Å². The van der Waals surface area contributed by atoms with Gasteiger partial charge in [-0.2, -0.15) is 0 Å². The van der Waals surface area contributed by atoms with Crippen molar-refractivity contribution in [2.75, 3.05) is 0 Å². The Morgan fingerprint density at radius 1 is 1.54 bits per heavy atom. The van der Waals surface area contributed by atoms with Crippen molar-refractivity contribution >= 4 is 5.97 Å². The zero-order valence-corrected chi connectivity index (χ0v) is 7.00. The maximum atomic E-state index is 10.6. The Morgan fingerprint density at radius 3 is 2.77 bits per heavy atom. The molecule has 0 aromatic rings. The van der Waals surface area contributed by atoms with E-state index in [1.54, 1.807) is 0 Å². The van der Waals surface area contributed by atoms with E-state index in [0.717, 1.165) is 0 Å². The third-order valence-corrected chi connectivity index (χ3v) is 2.33. The lowest BCUT2D eigenvalue weighted by atomic mass is 9.84. The van der Waals surface area contributed by atoms with Gasteiger partial charge in [0, 0.05) is 4.91 Å². The highest BCUT2D eigenvalue weighted by Gasteiger charge is 2.31. The van der Waals surface area contributed by atoms with Crippen LogP contribution in [0.4, 0.5) is 0 Å². The van der Waals surface area contributed by atoms with Gasteiger partial charge in [-0.05, 0) is 24.8 Å². The number of carboxylic acids is 1. The van der Waals surface area contributed by atoms with Crippen LogP contribution < -0.4 is 0 Å². The molecule has 2 N–H and O–H groups in total. The molecule has 72 valence electrons. The molecule has 13 heavy (non-hydrogen) atoms. The van der Waals surface area contributed by atoms with Gasteiger partial charge in [-0.15, -0.1) is 0 Å². The van der Waals surface area contributed by atoms with Crippen LogP contribution in [0.2, 0.25) is 0 Å². The van der Waals surface area contributed by atoms with Gasteiger partial charge in [0.2, 0.25) is 0 Å². The van der Waals surface area contributed by atoms with Crippen LogP contribution in [0.25, 0.3) is 10.4 Å². The number of aliphatic hydroxyl groups excluding tert-OH is 1. The van der Waals surface area contributed by atoms with Crippen LogP contribution in [0.3, 0.4) is 0 Å². The van der Waals surface area contributed by atoms with Crippen molar-refractivity contribution in [1.82, 2.24) is 0 Å². The summed E-state index contributed by atoms with van der Waals surface area (Å²) in [5, 5.41) is 21.4. The van der Waals surface area contributed by atoms with Gasteiger partial charge in [-0.1, -0.05) is 5.11 Å². The minimum atomic E-state index is -0.884. The van der Waals surface area contributed by atoms with Gasteiger partial charge >= 0.3 is 5.97 Å². The monoisotopic (exact) mass is 185 g/mol. The molecule has 1 saturated carbocycles. The number of nitrogens with zero attached hydrogens (tertiary/aromatic N) is 3. The Bertz CT molecular complexity index is 249. The Hall–Kier alpha value is -1.26. The minimum absolute atomic E-state index is 0.237. The highest BCUT2D eigenvalue weighted by atomic mass is 16.4. The van der Waals surface area contributed by atoms with Gasteiger partial charge in [0.1, 0.15) is 0 Å². The number of hydrogen-bond acceptors (Lipinski definition) is 3. The summed E-state index contributed by atoms with van der Waals surface area (Å²) in [7, 11) is 0. The number of carboxylic acid groups (broad SMARTS) is 1. The molecule has 0 heterocycles. The molecule has 0 saturated heterocycles. The second-order valence-electron chi connectivity index (χ2n) is 3.19. The van der Waals surface area contributed by atoms with E-state index >= 15 is 0 Å². The molecule has 0 radical (unpaired) electrons. The molecule has 1 fully saturated rings. The third-order valence-electron chi connectivity index (χ3n) is 2.33. The van der Waals surface area contributed by atoms with E-state index in [2.05, 4.69) is 10.0 Å². The number of aliphatic hydroxyl groups is 1. The molecule has 6 nitrogen and oxygen atoms in total. The maximum absolute atomic E-state index is 10.6. The molecule has 1 aliphatic carbocycles. The van der Waals surface area contributed by atoms with E-state index < -0.39 is 24.0 Å². The van der Waals surface area contributed by atoms with E-state index in [1.807, 2.05) is 0 Å². The highest BCUT2D eigenvalue weighted by molar-refractivity contribution is 5.70. The fourth-order valence-corrected chi connectivity index (χ4v) is 1.55. The first-order chi connectivity index (χ1) is 6.15. The Labute approximate surface area is 74.8 Å². The van der Waals surface area contributed by atoms with E-state index in [-0.39, 0.29) is 6.42 Å².